The van der Waals surface area contributed by atoms with Gasteiger partial charge in [-0.25, -0.2) is 0 Å². The molecule has 8 aromatic carbocycles. The smallest absolute Gasteiger partial charge is 0.0775 e. The molecule has 256 valence electrons. The van der Waals surface area contributed by atoms with Crippen LogP contribution in [0.2, 0.25) is 19.6 Å². The van der Waals surface area contributed by atoms with E-state index in [2.05, 4.69) is 202 Å². The fourth-order valence-electron chi connectivity index (χ4n) is 9.35. The van der Waals surface area contributed by atoms with Crippen molar-refractivity contribution >= 4 is 51.9 Å². The SMILES string of the molecule is CC(C)c1ccc(N(c2ccc([Si](C)(C)C)cc2)c2ccc3c4c(ccc3c2)-c2cc3ccccc3cc2C42c3ccccc3-c3ccccc32)cc1. The second-order valence-electron chi connectivity index (χ2n) is 16.4. The zero-order valence-electron chi connectivity index (χ0n) is 31.1. The van der Waals surface area contributed by atoms with E-state index in [1.54, 1.807) is 0 Å². The van der Waals surface area contributed by atoms with Gasteiger partial charge in [-0.15, -0.1) is 0 Å². The van der Waals surface area contributed by atoms with Gasteiger partial charge in [0.15, 0.2) is 0 Å². The maximum absolute atomic E-state index is 2.48. The Kier molecular flexibility index (Phi) is 7.03. The van der Waals surface area contributed by atoms with Crippen LogP contribution in [0.25, 0.3) is 43.8 Å². The maximum atomic E-state index is 2.48. The van der Waals surface area contributed by atoms with Crippen LogP contribution < -0.4 is 10.1 Å². The van der Waals surface area contributed by atoms with Gasteiger partial charge in [0.1, 0.15) is 0 Å². The monoisotopic (exact) mass is 697 g/mol. The third-order valence-electron chi connectivity index (χ3n) is 12.0. The van der Waals surface area contributed by atoms with Crippen LogP contribution in [-0.2, 0) is 5.41 Å². The van der Waals surface area contributed by atoms with Gasteiger partial charge < -0.3 is 4.90 Å². The number of hydrogen-bond donors (Lipinski definition) is 0. The topological polar surface area (TPSA) is 3.24 Å². The van der Waals surface area contributed by atoms with Crippen molar-refractivity contribution in [3.63, 3.8) is 0 Å². The molecular formula is C51H43NSi. The van der Waals surface area contributed by atoms with Crippen LogP contribution >= 0.6 is 0 Å². The Bertz CT molecular complexity index is 2680. The largest absolute Gasteiger partial charge is 0.310 e. The minimum absolute atomic E-state index is 0.415. The van der Waals surface area contributed by atoms with E-state index in [1.807, 2.05) is 0 Å². The fourth-order valence-corrected chi connectivity index (χ4v) is 10.5. The molecule has 0 aliphatic heterocycles. The summed E-state index contributed by atoms with van der Waals surface area (Å²) in [5.74, 6) is 0.483. The summed E-state index contributed by atoms with van der Waals surface area (Å²) in [4.78, 5) is 2.43. The Morgan fingerprint density at radius 3 is 1.64 bits per heavy atom. The van der Waals surface area contributed by atoms with Gasteiger partial charge in [0.05, 0.1) is 13.5 Å². The van der Waals surface area contributed by atoms with Gasteiger partial charge in [-0.05, 0) is 126 Å². The number of hydrogen-bond acceptors (Lipinski definition) is 1. The van der Waals surface area contributed by atoms with Crippen molar-refractivity contribution in [3.8, 4) is 22.3 Å². The van der Waals surface area contributed by atoms with Crippen LogP contribution in [0, 0.1) is 0 Å². The first-order chi connectivity index (χ1) is 25.7. The average Bonchev–Trinajstić information content (AvgIpc) is 3.64. The number of benzene rings is 8. The quantitative estimate of drug-likeness (QED) is 0.162. The molecule has 0 bridgehead atoms. The molecule has 0 fully saturated rings. The molecule has 2 aliphatic rings. The lowest BCUT2D eigenvalue weighted by atomic mass is 9.69. The molecule has 2 heteroatoms. The van der Waals surface area contributed by atoms with E-state index in [9.17, 15) is 0 Å². The van der Waals surface area contributed by atoms with E-state index in [1.165, 1.54) is 88.2 Å². The van der Waals surface area contributed by atoms with Crippen molar-refractivity contribution in [1.82, 2.24) is 0 Å². The van der Waals surface area contributed by atoms with Gasteiger partial charge in [-0.1, -0.05) is 154 Å². The van der Waals surface area contributed by atoms with Crippen LogP contribution in [-0.4, -0.2) is 8.07 Å². The minimum Gasteiger partial charge on any atom is -0.310 e. The van der Waals surface area contributed by atoms with Crippen LogP contribution in [0.3, 0.4) is 0 Å². The van der Waals surface area contributed by atoms with Crippen LogP contribution in [0.4, 0.5) is 17.1 Å². The van der Waals surface area contributed by atoms with E-state index < -0.39 is 13.5 Å². The van der Waals surface area contributed by atoms with E-state index in [-0.39, 0.29) is 0 Å². The van der Waals surface area contributed by atoms with Crippen molar-refractivity contribution in [2.75, 3.05) is 4.90 Å². The van der Waals surface area contributed by atoms with Crippen molar-refractivity contribution in [2.45, 2.75) is 44.8 Å². The lowest BCUT2D eigenvalue weighted by Gasteiger charge is -2.32. The summed E-state index contributed by atoms with van der Waals surface area (Å²) in [7, 11) is -1.44. The molecule has 0 amide bonds. The molecule has 0 radical (unpaired) electrons. The van der Waals surface area contributed by atoms with Crippen LogP contribution in [0.1, 0.15) is 47.6 Å². The molecule has 8 aromatic rings. The van der Waals surface area contributed by atoms with Gasteiger partial charge in [0.2, 0.25) is 0 Å². The Balaban J connectivity index is 1.23. The zero-order valence-corrected chi connectivity index (χ0v) is 32.1. The second kappa shape index (κ2) is 11.7. The van der Waals surface area contributed by atoms with Gasteiger partial charge in [0, 0.05) is 17.1 Å². The Labute approximate surface area is 314 Å². The van der Waals surface area contributed by atoms with Crippen molar-refractivity contribution in [2.24, 2.45) is 0 Å². The standard InChI is InChI=1S/C51H43NSi/c1-33(2)34-18-21-38(22-19-34)52(39-23-26-41(27-24-39)53(3,4)5)40-25-29-42-37(30-40)20-28-45-46-31-35-12-6-7-13-36(35)32-49(46)51(50(42)45)47-16-10-8-14-43(47)44-15-9-11-17-48(44)51/h6-33H,1-5H3. The van der Waals surface area contributed by atoms with Gasteiger partial charge >= 0.3 is 0 Å². The summed E-state index contributed by atoms with van der Waals surface area (Å²) in [5.41, 5.74) is 15.3. The maximum Gasteiger partial charge on any atom is 0.0775 e. The molecule has 0 unspecified atom stereocenters. The molecule has 2 aliphatic carbocycles. The van der Waals surface area contributed by atoms with E-state index in [0.29, 0.717) is 5.92 Å². The molecule has 0 atom stereocenters. The lowest BCUT2D eigenvalue weighted by Crippen LogP contribution is -2.37. The highest BCUT2D eigenvalue weighted by Crippen LogP contribution is 2.64. The molecule has 10 rings (SSSR count). The molecule has 1 spiro atoms. The number of anilines is 3. The van der Waals surface area contributed by atoms with Gasteiger partial charge in [-0.3, -0.25) is 0 Å². The first-order valence-electron chi connectivity index (χ1n) is 19.0. The molecule has 0 saturated heterocycles. The van der Waals surface area contributed by atoms with E-state index >= 15 is 0 Å². The van der Waals surface area contributed by atoms with Crippen molar-refractivity contribution in [1.29, 1.82) is 0 Å². The van der Waals surface area contributed by atoms with E-state index in [4.69, 9.17) is 0 Å². The predicted molar refractivity (Wildman–Crippen MR) is 230 cm³/mol. The number of fused-ring (bicyclic) bond motifs is 13. The summed E-state index contributed by atoms with van der Waals surface area (Å²) in [5, 5.41) is 6.60. The Morgan fingerprint density at radius 2 is 1.02 bits per heavy atom. The molecule has 53 heavy (non-hydrogen) atoms. The second-order valence-corrected chi connectivity index (χ2v) is 21.4. The highest BCUT2D eigenvalue weighted by atomic mass is 28.3. The highest BCUT2D eigenvalue weighted by Gasteiger charge is 2.52. The zero-order chi connectivity index (χ0) is 36.1. The van der Waals surface area contributed by atoms with Crippen molar-refractivity contribution in [3.05, 3.63) is 192 Å². The van der Waals surface area contributed by atoms with Crippen molar-refractivity contribution < 1.29 is 0 Å². The lowest BCUT2D eigenvalue weighted by molar-refractivity contribution is 0.802. The number of nitrogens with zero attached hydrogens (tertiary/aromatic N) is 1. The first-order valence-corrected chi connectivity index (χ1v) is 22.5. The molecule has 0 N–H and O–H groups in total. The third-order valence-corrected chi connectivity index (χ3v) is 14.0. The normalized spacial score (nSPS) is 13.7. The van der Waals surface area contributed by atoms with E-state index in [0.717, 1.165) is 5.69 Å². The number of rotatable bonds is 5. The highest BCUT2D eigenvalue weighted by molar-refractivity contribution is 6.88. The summed E-state index contributed by atoms with van der Waals surface area (Å²) in [6.45, 7) is 11.8. The molecule has 0 saturated carbocycles. The van der Waals surface area contributed by atoms with Gasteiger partial charge in [-0.2, -0.15) is 0 Å². The summed E-state index contributed by atoms with van der Waals surface area (Å²) in [6.07, 6.45) is 0. The average molecular weight is 698 g/mol. The molecular weight excluding hydrogens is 655 g/mol. The Hall–Kier alpha value is -5.70. The fraction of sp³-hybridized carbons (Fsp3) is 0.137. The molecule has 0 heterocycles. The summed E-state index contributed by atoms with van der Waals surface area (Å²) in [6, 6.07) is 62.4. The molecule has 0 aromatic heterocycles. The molecule has 1 nitrogen and oxygen atoms in total. The summed E-state index contributed by atoms with van der Waals surface area (Å²) >= 11 is 0. The minimum atomic E-state index is -1.44. The van der Waals surface area contributed by atoms with Crippen LogP contribution in [0.15, 0.2) is 164 Å². The summed E-state index contributed by atoms with van der Waals surface area (Å²) < 4.78 is 0. The predicted octanol–water partition coefficient (Wildman–Crippen LogP) is 13.5. The third kappa shape index (κ3) is 4.68. The van der Waals surface area contributed by atoms with Crippen LogP contribution in [0.5, 0.6) is 0 Å². The Morgan fingerprint density at radius 1 is 0.453 bits per heavy atom. The first kappa shape index (κ1) is 32.0. The van der Waals surface area contributed by atoms with Gasteiger partial charge in [0.25, 0.3) is 0 Å².